The molecule has 1 N–H and O–H groups in total. The summed E-state index contributed by atoms with van der Waals surface area (Å²) >= 11 is 0. The fraction of sp³-hybridized carbons (Fsp3) is 0.933. The first-order chi connectivity index (χ1) is 8.70. The number of carbonyl (C=O) groups excluding carboxylic acids is 1. The molecule has 2 rings (SSSR count). The highest BCUT2D eigenvalue weighted by molar-refractivity contribution is 5.73. The van der Waals surface area contributed by atoms with Crippen LogP contribution in [-0.4, -0.2) is 47.2 Å². The Morgan fingerprint density at radius 1 is 1.21 bits per heavy atom. The SMILES string of the molecule is CC(=O)N1CCC(NC2CC(C)(C)OC2(C)C)CC1. The third-order valence-electron chi connectivity index (χ3n) is 4.45. The van der Waals surface area contributed by atoms with Crippen molar-refractivity contribution in [3.63, 3.8) is 0 Å². The minimum Gasteiger partial charge on any atom is -0.368 e. The standard InChI is InChI=1S/C15H28N2O2/c1-11(18)17-8-6-12(7-9-17)16-13-10-14(2,3)19-15(13,4)5/h12-13,16H,6-10H2,1-5H3. The molecule has 2 aliphatic rings. The monoisotopic (exact) mass is 268 g/mol. The van der Waals surface area contributed by atoms with Gasteiger partial charge in [0, 0.05) is 32.1 Å². The van der Waals surface area contributed by atoms with Crippen molar-refractivity contribution in [3.8, 4) is 0 Å². The van der Waals surface area contributed by atoms with Gasteiger partial charge in [0.1, 0.15) is 0 Å². The fourth-order valence-corrected chi connectivity index (χ4v) is 3.47. The molecule has 1 atom stereocenters. The Morgan fingerprint density at radius 3 is 2.21 bits per heavy atom. The van der Waals surface area contributed by atoms with Crippen molar-refractivity contribution in [3.05, 3.63) is 0 Å². The molecule has 0 saturated carbocycles. The predicted molar refractivity (Wildman–Crippen MR) is 76.1 cm³/mol. The summed E-state index contributed by atoms with van der Waals surface area (Å²) in [5.74, 6) is 0.198. The van der Waals surface area contributed by atoms with Crippen molar-refractivity contribution in [1.82, 2.24) is 10.2 Å². The molecule has 1 amide bonds. The van der Waals surface area contributed by atoms with Crippen LogP contribution >= 0.6 is 0 Å². The Bertz CT molecular complexity index is 344. The molecule has 2 saturated heterocycles. The van der Waals surface area contributed by atoms with Gasteiger partial charge in [-0.1, -0.05) is 0 Å². The molecular weight excluding hydrogens is 240 g/mol. The van der Waals surface area contributed by atoms with Crippen LogP contribution in [0.1, 0.15) is 53.9 Å². The van der Waals surface area contributed by atoms with E-state index in [1.54, 1.807) is 6.92 Å². The maximum absolute atomic E-state index is 11.3. The molecule has 4 nitrogen and oxygen atoms in total. The summed E-state index contributed by atoms with van der Waals surface area (Å²) in [6.07, 6.45) is 3.14. The largest absolute Gasteiger partial charge is 0.368 e. The van der Waals surface area contributed by atoms with Gasteiger partial charge < -0.3 is 15.0 Å². The summed E-state index contributed by atoms with van der Waals surface area (Å²) in [7, 11) is 0. The Kier molecular flexibility index (Phi) is 3.94. The summed E-state index contributed by atoms with van der Waals surface area (Å²) in [6, 6.07) is 0.911. The van der Waals surface area contributed by atoms with Crippen molar-refractivity contribution in [1.29, 1.82) is 0 Å². The number of nitrogens with zero attached hydrogens (tertiary/aromatic N) is 1. The molecule has 0 aromatic heterocycles. The molecule has 0 spiro atoms. The first-order valence-electron chi connectivity index (χ1n) is 7.41. The van der Waals surface area contributed by atoms with Crippen LogP contribution < -0.4 is 5.32 Å². The van der Waals surface area contributed by atoms with Gasteiger partial charge in [0.2, 0.25) is 5.91 Å². The number of hydrogen-bond donors (Lipinski definition) is 1. The molecule has 19 heavy (non-hydrogen) atoms. The van der Waals surface area contributed by atoms with Gasteiger partial charge in [-0.2, -0.15) is 0 Å². The highest BCUT2D eigenvalue weighted by Gasteiger charge is 2.46. The van der Waals surface area contributed by atoms with Crippen molar-refractivity contribution in [2.75, 3.05) is 13.1 Å². The van der Waals surface area contributed by atoms with E-state index >= 15 is 0 Å². The topological polar surface area (TPSA) is 41.6 Å². The average Bonchev–Trinajstić information content (AvgIpc) is 2.47. The van der Waals surface area contributed by atoms with Crippen LogP contribution in [0, 0.1) is 0 Å². The van der Waals surface area contributed by atoms with Crippen LogP contribution in [0.25, 0.3) is 0 Å². The lowest BCUT2D eigenvalue weighted by Gasteiger charge is -2.36. The summed E-state index contributed by atoms with van der Waals surface area (Å²) in [5.41, 5.74) is -0.150. The van der Waals surface area contributed by atoms with E-state index in [0.717, 1.165) is 32.4 Å². The second kappa shape index (κ2) is 5.06. The Balaban J connectivity index is 1.88. The molecule has 110 valence electrons. The lowest BCUT2D eigenvalue weighted by Crippen LogP contribution is -2.52. The number of nitrogens with one attached hydrogen (secondary N) is 1. The summed E-state index contributed by atoms with van der Waals surface area (Å²) < 4.78 is 6.12. The van der Waals surface area contributed by atoms with Gasteiger partial charge in [0.15, 0.2) is 0 Å². The molecule has 0 bridgehead atoms. The van der Waals surface area contributed by atoms with E-state index in [-0.39, 0.29) is 17.1 Å². The first kappa shape index (κ1) is 14.8. The smallest absolute Gasteiger partial charge is 0.219 e. The van der Waals surface area contributed by atoms with Gasteiger partial charge >= 0.3 is 0 Å². The maximum atomic E-state index is 11.3. The molecule has 0 aromatic carbocycles. The van der Waals surface area contributed by atoms with Crippen molar-refractivity contribution < 1.29 is 9.53 Å². The summed E-state index contributed by atoms with van der Waals surface area (Å²) in [5, 5.41) is 3.76. The average molecular weight is 268 g/mol. The molecule has 0 aromatic rings. The quantitative estimate of drug-likeness (QED) is 0.832. The number of ether oxygens (including phenoxy) is 1. The van der Waals surface area contributed by atoms with Gasteiger partial charge in [-0.25, -0.2) is 0 Å². The van der Waals surface area contributed by atoms with E-state index in [2.05, 4.69) is 33.0 Å². The van der Waals surface area contributed by atoms with Crippen LogP contribution in [-0.2, 0) is 9.53 Å². The second-order valence-corrected chi connectivity index (χ2v) is 7.17. The Hall–Kier alpha value is -0.610. The molecule has 2 fully saturated rings. The molecule has 2 aliphatic heterocycles. The van der Waals surface area contributed by atoms with Gasteiger partial charge in [-0.3, -0.25) is 4.79 Å². The van der Waals surface area contributed by atoms with E-state index in [1.807, 2.05) is 4.90 Å². The van der Waals surface area contributed by atoms with Crippen LogP contribution in [0.4, 0.5) is 0 Å². The van der Waals surface area contributed by atoms with Crippen molar-refractivity contribution in [2.24, 2.45) is 0 Å². The zero-order valence-corrected chi connectivity index (χ0v) is 13.0. The Morgan fingerprint density at radius 2 is 1.79 bits per heavy atom. The predicted octanol–water partition coefficient (Wildman–Crippen LogP) is 1.93. The van der Waals surface area contributed by atoms with Gasteiger partial charge in [-0.05, 0) is 47.0 Å². The van der Waals surface area contributed by atoms with E-state index in [1.165, 1.54) is 0 Å². The lowest BCUT2D eigenvalue weighted by molar-refractivity contribution is -0.130. The van der Waals surface area contributed by atoms with Crippen LogP contribution in [0.15, 0.2) is 0 Å². The fourth-order valence-electron chi connectivity index (χ4n) is 3.47. The zero-order valence-electron chi connectivity index (χ0n) is 13.0. The molecule has 2 heterocycles. The normalized spacial score (nSPS) is 30.6. The van der Waals surface area contributed by atoms with E-state index in [4.69, 9.17) is 4.74 Å². The molecule has 0 aliphatic carbocycles. The minimum absolute atomic E-state index is 0.0404. The van der Waals surface area contributed by atoms with Crippen LogP contribution in [0.3, 0.4) is 0 Å². The molecule has 1 unspecified atom stereocenters. The van der Waals surface area contributed by atoms with Crippen LogP contribution in [0.5, 0.6) is 0 Å². The van der Waals surface area contributed by atoms with Crippen molar-refractivity contribution in [2.45, 2.75) is 77.2 Å². The number of piperidine rings is 1. The highest BCUT2D eigenvalue weighted by atomic mass is 16.5. The van der Waals surface area contributed by atoms with E-state index < -0.39 is 0 Å². The number of carbonyl (C=O) groups is 1. The zero-order chi connectivity index (χ0) is 14.3. The van der Waals surface area contributed by atoms with Crippen LogP contribution in [0.2, 0.25) is 0 Å². The number of hydrogen-bond acceptors (Lipinski definition) is 3. The number of rotatable bonds is 2. The molecule has 4 heteroatoms. The van der Waals surface area contributed by atoms with E-state index in [9.17, 15) is 4.79 Å². The van der Waals surface area contributed by atoms with Gasteiger partial charge in [-0.15, -0.1) is 0 Å². The third-order valence-corrected chi connectivity index (χ3v) is 4.45. The lowest BCUT2D eigenvalue weighted by atomic mass is 9.92. The van der Waals surface area contributed by atoms with Gasteiger partial charge in [0.05, 0.1) is 11.2 Å². The molecular formula is C15H28N2O2. The highest BCUT2D eigenvalue weighted by Crippen LogP contribution is 2.37. The van der Waals surface area contributed by atoms with Gasteiger partial charge in [0.25, 0.3) is 0 Å². The second-order valence-electron chi connectivity index (χ2n) is 7.17. The Labute approximate surface area is 116 Å². The third kappa shape index (κ3) is 3.48. The van der Waals surface area contributed by atoms with E-state index in [0.29, 0.717) is 12.1 Å². The number of likely N-dealkylation sites (tertiary alicyclic amines) is 1. The molecule has 0 radical (unpaired) electrons. The number of amides is 1. The maximum Gasteiger partial charge on any atom is 0.219 e. The van der Waals surface area contributed by atoms with Crippen molar-refractivity contribution >= 4 is 5.91 Å². The summed E-state index contributed by atoms with van der Waals surface area (Å²) in [6.45, 7) is 12.1. The first-order valence-corrected chi connectivity index (χ1v) is 7.41. The summed E-state index contributed by atoms with van der Waals surface area (Å²) in [4.78, 5) is 13.3. The minimum atomic E-state index is -0.110.